The van der Waals surface area contributed by atoms with Gasteiger partial charge in [-0.2, -0.15) is 0 Å². The first-order chi connectivity index (χ1) is 9.24. The number of carbonyl (C=O) groups is 1. The fraction of sp³-hybridized carbons (Fsp3) is 0.562. The molecule has 0 aromatic heterocycles. The van der Waals surface area contributed by atoms with E-state index in [-0.39, 0.29) is 11.9 Å². The normalized spacial score (nSPS) is 17.8. The maximum Gasteiger partial charge on any atom is 0.170 e. The van der Waals surface area contributed by atoms with Crippen molar-refractivity contribution >= 4 is 5.78 Å². The van der Waals surface area contributed by atoms with Gasteiger partial charge < -0.3 is 9.47 Å². The van der Waals surface area contributed by atoms with E-state index in [9.17, 15) is 4.79 Å². The molecule has 1 aliphatic rings. The minimum atomic E-state index is 0.0465. The average molecular weight is 262 g/mol. The van der Waals surface area contributed by atoms with Gasteiger partial charge in [-0.3, -0.25) is 4.79 Å². The molecule has 3 heteroatoms. The number of hydrogen-bond acceptors (Lipinski definition) is 3. The predicted molar refractivity (Wildman–Crippen MR) is 75.1 cm³/mol. The van der Waals surface area contributed by atoms with Gasteiger partial charge in [-0.1, -0.05) is 26.2 Å². The van der Waals surface area contributed by atoms with Crippen LogP contribution in [0.2, 0.25) is 0 Å². The zero-order chi connectivity index (χ0) is 13.7. The van der Waals surface area contributed by atoms with Gasteiger partial charge in [0.05, 0.1) is 12.7 Å². The number of unbranched alkanes of at least 4 members (excludes halogenated alkanes) is 3. The SMILES string of the molecule is CCCCCCC1CC(=O)c2cc(OC)ccc2O1. The number of ether oxygens (including phenoxy) is 2. The van der Waals surface area contributed by atoms with E-state index in [0.717, 1.165) is 12.8 Å². The summed E-state index contributed by atoms with van der Waals surface area (Å²) in [5, 5.41) is 0. The molecule has 0 fully saturated rings. The van der Waals surface area contributed by atoms with E-state index in [4.69, 9.17) is 9.47 Å². The molecule has 1 aliphatic heterocycles. The minimum absolute atomic E-state index is 0.0465. The molecule has 1 unspecified atom stereocenters. The summed E-state index contributed by atoms with van der Waals surface area (Å²) in [5.41, 5.74) is 0.657. The van der Waals surface area contributed by atoms with Crippen LogP contribution in [0.5, 0.6) is 11.5 Å². The highest BCUT2D eigenvalue weighted by molar-refractivity contribution is 6.00. The van der Waals surface area contributed by atoms with Crippen LogP contribution in [0.15, 0.2) is 18.2 Å². The molecule has 0 spiro atoms. The van der Waals surface area contributed by atoms with Gasteiger partial charge in [0, 0.05) is 6.42 Å². The van der Waals surface area contributed by atoms with Crippen LogP contribution in [0.3, 0.4) is 0 Å². The summed E-state index contributed by atoms with van der Waals surface area (Å²) in [6.45, 7) is 2.20. The molecule has 3 nitrogen and oxygen atoms in total. The van der Waals surface area contributed by atoms with Gasteiger partial charge in [0.2, 0.25) is 0 Å². The Hall–Kier alpha value is -1.51. The lowest BCUT2D eigenvalue weighted by atomic mass is 9.97. The maximum absolute atomic E-state index is 12.1. The molecular weight excluding hydrogens is 240 g/mol. The van der Waals surface area contributed by atoms with E-state index in [1.807, 2.05) is 12.1 Å². The molecule has 1 aromatic rings. The van der Waals surface area contributed by atoms with Crippen LogP contribution < -0.4 is 9.47 Å². The van der Waals surface area contributed by atoms with Crippen molar-refractivity contribution in [1.82, 2.24) is 0 Å². The predicted octanol–water partition coefficient (Wildman–Crippen LogP) is 4.00. The number of Topliss-reactive ketones (excluding diaryl/α,β-unsaturated/α-hetero) is 1. The topological polar surface area (TPSA) is 35.5 Å². The van der Waals surface area contributed by atoms with Gasteiger partial charge >= 0.3 is 0 Å². The second-order valence-electron chi connectivity index (χ2n) is 5.08. The van der Waals surface area contributed by atoms with Crippen LogP contribution in [-0.4, -0.2) is 19.0 Å². The first kappa shape index (κ1) is 13.9. The van der Waals surface area contributed by atoms with Crippen LogP contribution in [0.25, 0.3) is 0 Å². The summed E-state index contributed by atoms with van der Waals surface area (Å²) >= 11 is 0. The largest absolute Gasteiger partial charge is 0.497 e. The molecule has 0 N–H and O–H groups in total. The Kier molecular flexibility index (Phi) is 4.83. The van der Waals surface area contributed by atoms with E-state index in [1.165, 1.54) is 19.3 Å². The molecule has 0 saturated carbocycles. The molecule has 19 heavy (non-hydrogen) atoms. The highest BCUT2D eigenvalue weighted by Crippen LogP contribution is 2.32. The lowest BCUT2D eigenvalue weighted by molar-refractivity contribution is 0.0834. The van der Waals surface area contributed by atoms with E-state index >= 15 is 0 Å². The Balaban J connectivity index is 1.98. The second kappa shape index (κ2) is 6.60. The van der Waals surface area contributed by atoms with Gasteiger partial charge in [-0.15, -0.1) is 0 Å². The van der Waals surface area contributed by atoms with Gasteiger partial charge in [0.15, 0.2) is 5.78 Å². The molecule has 0 saturated heterocycles. The zero-order valence-corrected chi connectivity index (χ0v) is 11.8. The highest BCUT2D eigenvalue weighted by atomic mass is 16.5. The maximum atomic E-state index is 12.1. The Labute approximate surface area is 114 Å². The van der Waals surface area contributed by atoms with Crippen molar-refractivity contribution in [2.75, 3.05) is 7.11 Å². The number of fused-ring (bicyclic) bond motifs is 1. The summed E-state index contributed by atoms with van der Waals surface area (Å²) in [6, 6.07) is 5.45. The molecule has 0 amide bonds. The minimum Gasteiger partial charge on any atom is -0.497 e. The first-order valence-corrected chi connectivity index (χ1v) is 7.12. The third-order valence-corrected chi connectivity index (χ3v) is 3.57. The van der Waals surface area contributed by atoms with E-state index < -0.39 is 0 Å². The van der Waals surface area contributed by atoms with Gasteiger partial charge in [-0.05, 0) is 31.0 Å². The Morgan fingerprint density at radius 2 is 2.16 bits per heavy atom. The van der Waals surface area contributed by atoms with Crippen molar-refractivity contribution in [3.63, 3.8) is 0 Å². The fourth-order valence-electron chi connectivity index (χ4n) is 2.45. The lowest BCUT2D eigenvalue weighted by Crippen LogP contribution is -2.26. The van der Waals surface area contributed by atoms with Crippen LogP contribution >= 0.6 is 0 Å². The number of hydrogen-bond donors (Lipinski definition) is 0. The van der Waals surface area contributed by atoms with Gasteiger partial charge in [0.1, 0.15) is 17.6 Å². The Bertz CT molecular complexity index is 440. The van der Waals surface area contributed by atoms with Crippen molar-refractivity contribution in [2.24, 2.45) is 0 Å². The standard InChI is InChI=1S/C16H22O3/c1-3-4-5-6-7-13-11-15(17)14-10-12(18-2)8-9-16(14)19-13/h8-10,13H,3-7,11H2,1-2H3. The number of carbonyl (C=O) groups excluding carboxylic acids is 1. The molecule has 0 radical (unpaired) electrons. The number of rotatable bonds is 6. The number of benzene rings is 1. The molecule has 1 aromatic carbocycles. The van der Waals surface area contributed by atoms with Crippen LogP contribution in [0, 0.1) is 0 Å². The second-order valence-corrected chi connectivity index (χ2v) is 5.08. The fourth-order valence-corrected chi connectivity index (χ4v) is 2.45. The van der Waals surface area contributed by atoms with Crippen LogP contribution in [-0.2, 0) is 0 Å². The summed E-state index contributed by atoms with van der Waals surface area (Å²) in [5.74, 6) is 1.58. The van der Waals surface area contributed by atoms with Crippen molar-refractivity contribution in [3.8, 4) is 11.5 Å². The third-order valence-electron chi connectivity index (χ3n) is 3.57. The lowest BCUT2D eigenvalue weighted by Gasteiger charge is -2.25. The Morgan fingerprint density at radius 3 is 2.89 bits per heavy atom. The van der Waals surface area contributed by atoms with Crippen molar-refractivity contribution < 1.29 is 14.3 Å². The van der Waals surface area contributed by atoms with Gasteiger partial charge in [0.25, 0.3) is 0 Å². The summed E-state index contributed by atoms with van der Waals surface area (Å²) in [7, 11) is 1.60. The molecular formula is C16H22O3. The van der Waals surface area contributed by atoms with Crippen molar-refractivity contribution in [2.45, 2.75) is 51.6 Å². The molecule has 2 rings (SSSR count). The zero-order valence-electron chi connectivity index (χ0n) is 11.8. The van der Waals surface area contributed by atoms with Crippen LogP contribution in [0.1, 0.15) is 55.8 Å². The molecule has 0 bridgehead atoms. The van der Waals surface area contributed by atoms with Crippen molar-refractivity contribution in [1.29, 1.82) is 0 Å². The quantitative estimate of drug-likeness (QED) is 0.727. The summed E-state index contributed by atoms with van der Waals surface area (Å²) < 4.78 is 11.0. The first-order valence-electron chi connectivity index (χ1n) is 7.12. The molecule has 0 aliphatic carbocycles. The number of methoxy groups -OCH3 is 1. The summed E-state index contributed by atoms with van der Waals surface area (Å²) in [6.07, 6.45) is 6.35. The smallest absolute Gasteiger partial charge is 0.170 e. The third kappa shape index (κ3) is 3.49. The van der Waals surface area contributed by atoms with Crippen molar-refractivity contribution in [3.05, 3.63) is 23.8 Å². The average Bonchev–Trinajstić information content (AvgIpc) is 2.43. The Morgan fingerprint density at radius 1 is 1.32 bits per heavy atom. The van der Waals surface area contributed by atoms with Crippen LogP contribution in [0.4, 0.5) is 0 Å². The number of ketones is 1. The molecule has 1 atom stereocenters. The summed E-state index contributed by atoms with van der Waals surface area (Å²) in [4.78, 5) is 12.1. The van der Waals surface area contributed by atoms with E-state index in [1.54, 1.807) is 13.2 Å². The monoisotopic (exact) mass is 262 g/mol. The molecule has 1 heterocycles. The van der Waals surface area contributed by atoms with Gasteiger partial charge in [-0.25, -0.2) is 0 Å². The molecule has 104 valence electrons. The highest BCUT2D eigenvalue weighted by Gasteiger charge is 2.26. The van der Waals surface area contributed by atoms with E-state index in [2.05, 4.69) is 6.92 Å². The van der Waals surface area contributed by atoms with E-state index in [0.29, 0.717) is 23.5 Å².